The Morgan fingerprint density at radius 1 is 1.24 bits per heavy atom. The highest BCUT2D eigenvalue weighted by atomic mass is 35.5. The van der Waals surface area contributed by atoms with E-state index in [0.29, 0.717) is 33.3 Å². The second-order valence-electron chi connectivity index (χ2n) is 6.23. The molecule has 146 valence electrons. The minimum atomic E-state index is -1.06. The third-order valence-corrected chi connectivity index (χ3v) is 4.76. The highest BCUT2D eigenvalue weighted by Crippen LogP contribution is 2.34. The molecule has 2 heterocycles. The Morgan fingerprint density at radius 2 is 2.03 bits per heavy atom. The number of aliphatic carboxylic acids is 1. The fraction of sp³-hybridized carbons (Fsp3) is 0.100. The second-order valence-corrected chi connectivity index (χ2v) is 6.64. The number of ether oxygens (including phenoxy) is 1. The molecule has 0 unspecified atom stereocenters. The lowest BCUT2D eigenvalue weighted by molar-refractivity contribution is -0.137. The van der Waals surface area contributed by atoms with Gasteiger partial charge in [0, 0.05) is 23.5 Å². The normalized spacial score (nSPS) is 11.0. The number of aromatic nitrogens is 3. The molecule has 8 nitrogen and oxygen atoms in total. The molecular formula is C20H15ClN4O4. The van der Waals surface area contributed by atoms with Crippen LogP contribution in [0.2, 0.25) is 5.02 Å². The predicted molar refractivity (Wildman–Crippen MR) is 110 cm³/mol. The molecule has 2 aromatic carbocycles. The van der Waals surface area contributed by atoms with Crippen molar-refractivity contribution in [3.63, 3.8) is 0 Å². The number of hydrogen-bond acceptors (Lipinski definition) is 6. The van der Waals surface area contributed by atoms with E-state index in [1.807, 2.05) is 0 Å². The first-order valence-electron chi connectivity index (χ1n) is 8.57. The summed E-state index contributed by atoms with van der Waals surface area (Å²) in [7, 11) is 1.42. The van der Waals surface area contributed by atoms with Crippen LogP contribution in [-0.4, -0.2) is 32.7 Å². The Hall–Kier alpha value is -3.65. The summed E-state index contributed by atoms with van der Waals surface area (Å²) in [5.74, 6) is -0.303. The van der Waals surface area contributed by atoms with Crippen molar-refractivity contribution in [3.05, 3.63) is 64.2 Å². The van der Waals surface area contributed by atoms with E-state index in [2.05, 4.69) is 15.3 Å². The number of anilines is 2. The van der Waals surface area contributed by atoms with Crippen LogP contribution in [0, 0.1) is 0 Å². The number of carboxylic acids is 1. The van der Waals surface area contributed by atoms with Crippen LogP contribution in [0.25, 0.3) is 21.8 Å². The van der Waals surface area contributed by atoms with Crippen LogP contribution in [0.3, 0.4) is 0 Å². The van der Waals surface area contributed by atoms with E-state index in [1.165, 1.54) is 11.7 Å². The van der Waals surface area contributed by atoms with E-state index in [4.69, 9.17) is 16.3 Å². The molecule has 2 aromatic heterocycles. The Bertz CT molecular complexity index is 1310. The van der Waals surface area contributed by atoms with Crippen molar-refractivity contribution in [2.45, 2.75) is 6.54 Å². The number of carboxylic acid groups (broad SMARTS) is 1. The monoisotopic (exact) mass is 410 g/mol. The van der Waals surface area contributed by atoms with Gasteiger partial charge in [-0.3, -0.25) is 14.6 Å². The molecule has 0 fully saturated rings. The number of fused-ring (bicyclic) bond motifs is 2. The smallest absolute Gasteiger partial charge is 0.323 e. The number of nitrogens with zero attached hydrogens (tertiary/aromatic N) is 3. The molecule has 2 N–H and O–H groups in total. The number of pyridine rings is 1. The van der Waals surface area contributed by atoms with Crippen molar-refractivity contribution in [3.8, 4) is 5.75 Å². The molecule has 0 bridgehead atoms. The summed E-state index contributed by atoms with van der Waals surface area (Å²) in [6.07, 6.45) is 4.65. The van der Waals surface area contributed by atoms with Crippen molar-refractivity contribution in [1.29, 1.82) is 0 Å². The molecule has 0 spiro atoms. The van der Waals surface area contributed by atoms with Crippen LogP contribution in [0.1, 0.15) is 0 Å². The van der Waals surface area contributed by atoms with Crippen molar-refractivity contribution in [2.75, 3.05) is 12.4 Å². The maximum Gasteiger partial charge on any atom is 0.323 e. The third kappa shape index (κ3) is 3.34. The summed E-state index contributed by atoms with van der Waals surface area (Å²) < 4.78 is 6.91. The molecule has 4 rings (SSSR count). The number of rotatable bonds is 5. The van der Waals surface area contributed by atoms with E-state index in [9.17, 15) is 14.7 Å². The first-order chi connectivity index (χ1) is 14.0. The lowest BCUT2D eigenvalue weighted by atomic mass is 10.1. The van der Waals surface area contributed by atoms with Crippen molar-refractivity contribution in [1.82, 2.24) is 14.5 Å². The first kappa shape index (κ1) is 18.7. The maximum absolute atomic E-state index is 13.1. The molecule has 4 aromatic rings. The Labute approximate surface area is 169 Å². The zero-order chi connectivity index (χ0) is 20.5. The van der Waals surface area contributed by atoms with Gasteiger partial charge in [0.15, 0.2) is 11.2 Å². The summed E-state index contributed by atoms with van der Waals surface area (Å²) in [5.41, 5.74) is 1.14. The number of nitrogens with one attached hydrogen (secondary N) is 1. The van der Waals surface area contributed by atoms with Crippen LogP contribution in [-0.2, 0) is 11.3 Å². The van der Waals surface area contributed by atoms with Crippen LogP contribution in [0.4, 0.5) is 11.5 Å². The summed E-state index contributed by atoms with van der Waals surface area (Å²) in [5, 5.41) is 13.6. The van der Waals surface area contributed by atoms with E-state index in [-0.39, 0.29) is 22.7 Å². The predicted octanol–water partition coefficient (Wildman–Crippen LogP) is 3.43. The summed E-state index contributed by atoms with van der Waals surface area (Å²) in [6, 6.07) is 8.20. The molecule has 29 heavy (non-hydrogen) atoms. The fourth-order valence-electron chi connectivity index (χ4n) is 3.29. The van der Waals surface area contributed by atoms with Crippen LogP contribution >= 0.6 is 11.6 Å². The molecule has 0 aliphatic rings. The Kier molecular flexibility index (Phi) is 4.77. The van der Waals surface area contributed by atoms with Gasteiger partial charge in [0.05, 0.1) is 34.7 Å². The van der Waals surface area contributed by atoms with E-state index >= 15 is 0 Å². The van der Waals surface area contributed by atoms with E-state index in [1.54, 1.807) is 48.9 Å². The summed E-state index contributed by atoms with van der Waals surface area (Å²) in [6.45, 7) is -0.376. The van der Waals surface area contributed by atoms with Gasteiger partial charge in [-0.15, -0.1) is 0 Å². The third-order valence-electron chi connectivity index (χ3n) is 4.46. The fourth-order valence-corrected chi connectivity index (χ4v) is 3.52. The Balaban J connectivity index is 2.05. The average molecular weight is 411 g/mol. The number of methoxy groups -OCH3 is 1. The highest BCUT2D eigenvalue weighted by molar-refractivity contribution is 6.33. The molecule has 0 aliphatic heterocycles. The molecule has 0 amide bonds. The zero-order valence-corrected chi connectivity index (χ0v) is 16.0. The van der Waals surface area contributed by atoms with Gasteiger partial charge in [-0.25, -0.2) is 4.98 Å². The standard InChI is InChI=1S/C20H15ClN4O4/c1-29-20-14(21)5-4-13-18(20)25(10-17(26)27)15-8-11(2-3-12(15)19(13)28)24-16-9-22-6-7-23-16/h2-9H,10H2,1H3,(H,23,24)(H,26,27). The van der Waals surface area contributed by atoms with Gasteiger partial charge in [0.2, 0.25) is 0 Å². The van der Waals surface area contributed by atoms with Gasteiger partial charge in [-0.05, 0) is 30.3 Å². The lowest BCUT2D eigenvalue weighted by Crippen LogP contribution is -2.17. The van der Waals surface area contributed by atoms with Gasteiger partial charge in [-0.1, -0.05) is 11.6 Å². The molecule has 9 heteroatoms. The molecule has 0 radical (unpaired) electrons. The van der Waals surface area contributed by atoms with Crippen LogP contribution in [0.15, 0.2) is 53.7 Å². The van der Waals surface area contributed by atoms with Gasteiger partial charge >= 0.3 is 5.97 Å². The average Bonchev–Trinajstić information content (AvgIpc) is 2.71. The van der Waals surface area contributed by atoms with E-state index in [0.717, 1.165) is 0 Å². The van der Waals surface area contributed by atoms with Crippen molar-refractivity contribution in [2.24, 2.45) is 0 Å². The first-order valence-corrected chi connectivity index (χ1v) is 8.95. The molecule has 0 saturated heterocycles. The number of benzene rings is 2. The number of hydrogen-bond donors (Lipinski definition) is 2. The quantitative estimate of drug-likeness (QED) is 0.485. The van der Waals surface area contributed by atoms with Gasteiger partial charge < -0.3 is 19.7 Å². The van der Waals surface area contributed by atoms with E-state index < -0.39 is 5.97 Å². The minimum absolute atomic E-state index is 0.238. The van der Waals surface area contributed by atoms with Crippen LogP contribution < -0.4 is 15.5 Å². The van der Waals surface area contributed by atoms with Gasteiger partial charge in [0.25, 0.3) is 0 Å². The highest BCUT2D eigenvalue weighted by Gasteiger charge is 2.19. The molecular weight excluding hydrogens is 396 g/mol. The maximum atomic E-state index is 13.1. The SMILES string of the molecule is COc1c(Cl)ccc2c(=O)c3ccc(Nc4cnccn4)cc3n(CC(=O)O)c12. The van der Waals surface area contributed by atoms with Crippen LogP contribution in [0.5, 0.6) is 5.75 Å². The van der Waals surface area contributed by atoms with Gasteiger partial charge in [0.1, 0.15) is 12.4 Å². The summed E-state index contributed by atoms with van der Waals surface area (Å²) >= 11 is 6.24. The zero-order valence-electron chi connectivity index (χ0n) is 15.2. The number of carbonyl (C=O) groups is 1. The molecule has 0 saturated carbocycles. The van der Waals surface area contributed by atoms with Gasteiger partial charge in [-0.2, -0.15) is 0 Å². The minimum Gasteiger partial charge on any atom is -0.493 e. The number of halogens is 1. The second kappa shape index (κ2) is 7.40. The molecule has 0 aliphatic carbocycles. The lowest BCUT2D eigenvalue weighted by Gasteiger charge is -2.17. The van der Waals surface area contributed by atoms with Crippen molar-refractivity contribution >= 4 is 50.9 Å². The van der Waals surface area contributed by atoms with Crippen molar-refractivity contribution < 1.29 is 14.6 Å². The topological polar surface area (TPSA) is 106 Å². The Morgan fingerprint density at radius 3 is 2.72 bits per heavy atom. The molecule has 0 atom stereocenters. The largest absolute Gasteiger partial charge is 0.493 e. The summed E-state index contributed by atoms with van der Waals surface area (Å²) in [4.78, 5) is 32.8.